The SMILES string of the molecule is COCCOC(C)C(=O)Nc1ccc(Oc2ccccc2C(F)(F)F)cc1. The van der Waals surface area contributed by atoms with Crippen molar-refractivity contribution >= 4 is 11.6 Å². The summed E-state index contributed by atoms with van der Waals surface area (Å²) in [5.41, 5.74) is -0.386. The van der Waals surface area contributed by atoms with E-state index in [1.165, 1.54) is 49.6 Å². The molecule has 1 unspecified atom stereocenters. The third-order valence-electron chi connectivity index (χ3n) is 3.57. The molecule has 0 radical (unpaired) electrons. The minimum atomic E-state index is -4.51. The van der Waals surface area contributed by atoms with Crippen LogP contribution >= 0.6 is 0 Å². The lowest BCUT2D eigenvalue weighted by atomic mass is 10.2. The van der Waals surface area contributed by atoms with Gasteiger partial charge >= 0.3 is 6.18 Å². The van der Waals surface area contributed by atoms with E-state index in [1.807, 2.05) is 0 Å². The van der Waals surface area contributed by atoms with Crippen molar-refractivity contribution in [1.82, 2.24) is 0 Å². The number of methoxy groups -OCH3 is 1. The van der Waals surface area contributed by atoms with E-state index in [-0.39, 0.29) is 24.0 Å². The van der Waals surface area contributed by atoms with Crippen LogP contribution in [0.25, 0.3) is 0 Å². The molecule has 1 atom stereocenters. The zero-order chi connectivity index (χ0) is 19.9. The molecule has 2 aromatic carbocycles. The monoisotopic (exact) mass is 383 g/mol. The zero-order valence-electron chi connectivity index (χ0n) is 14.9. The molecule has 0 aliphatic heterocycles. The Morgan fingerprint density at radius 1 is 1.07 bits per heavy atom. The average Bonchev–Trinajstić information content (AvgIpc) is 2.63. The van der Waals surface area contributed by atoms with Crippen molar-refractivity contribution in [3.05, 3.63) is 54.1 Å². The number of benzene rings is 2. The molecule has 0 saturated heterocycles. The molecule has 5 nitrogen and oxygen atoms in total. The first-order valence-electron chi connectivity index (χ1n) is 8.17. The van der Waals surface area contributed by atoms with E-state index in [2.05, 4.69) is 5.32 Å². The van der Waals surface area contributed by atoms with E-state index in [0.717, 1.165) is 6.07 Å². The van der Waals surface area contributed by atoms with Gasteiger partial charge in [-0.1, -0.05) is 12.1 Å². The Bertz CT molecular complexity index is 747. The minimum absolute atomic E-state index is 0.217. The number of hydrogen-bond acceptors (Lipinski definition) is 4. The first-order chi connectivity index (χ1) is 12.8. The second-order valence-corrected chi connectivity index (χ2v) is 5.62. The summed E-state index contributed by atoms with van der Waals surface area (Å²) in [4.78, 5) is 12.0. The van der Waals surface area contributed by atoms with Crippen molar-refractivity contribution in [3.63, 3.8) is 0 Å². The number of amides is 1. The molecule has 0 saturated carbocycles. The Labute approximate surface area is 155 Å². The summed E-state index contributed by atoms with van der Waals surface area (Å²) in [5.74, 6) is -0.418. The van der Waals surface area contributed by atoms with Crippen molar-refractivity contribution < 1.29 is 32.2 Å². The van der Waals surface area contributed by atoms with Crippen LogP contribution in [-0.2, 0) is 20.4 Å². The molecule has 8 heteroatoms. The Balaban J connectivity index is 1.99. The van der Waals surface area contributed by atoms with Crippen LogP contribution in [0.3, 0.4) is 0 Å². The van der Waals surface area contributed by atoms with Gasteiger partial charge < -0.3 is 19.5 Å². The molecule has 0 heterocycles. The highest BCUT2D eigenvalue weighted by atomic mass is 19.4. The quantitative estimate of drug-likeness (QED) is 0.683. The van der Waals surface area contributed by atoms with Crippen LogP contribution in [0.5, 0.6) is 11.5 Å². The summed E-state index contributed by atoms with van der Waals surface area (Å²) < 4.78 is 54.5. The van der Waals surface area contributed by atoms with E-state index in [4.69, 9.17) is 14.2 Å². The second-order valence-electron chi connectivity index (χ2n) is 5.62. The van der Waals surface area contributed by atoms with E-state index in [1.54, 1.807) is 6.92 Å². The van der Waals surface area contributed by atoms with Crippen molar-refractivity contribution in [2.75, 3.05) is 25.6 Å². The summed E-state index contributed by atoms with van der Waals surface area (Å²) in [6, 6.07) is 11.0. The van der Waals surface area contributed by atoms with Gasteiger partial charge in [-0.15, -0.1) is 0 Å². The Hall–Kier alpha value is -2.58. The van der Waals surface area contributed by atoms with Crippen LogP contribution in [0.2, 0.25) is 0 Å². The smallest absolute Gasteiger partial charge is 0.419 e. The maximum absolute atomic E-state index is 13.0. The van der Waals surface area contributed by atoms with Crippen LogP contribution < -0.4 is 10.1 Å². The van der Waals surface area contributed by atoms with Gasteiger partial charge in [0.25, 0.3) is 5.91 Å². The van der Waals surface area contributed by atoms with Crippen LogP contribution in [-0.4, -0.2) is 32.3 Å². The number of alkyl halides is 3. The molecule has 0 bridgehead atoms. The number of carbonyl (C=O) groups excluding carboxylic acids is 1. The predicted octanol–water partition coefficient (Wildman–Crippen LogP) is 4.49. The lowest BCUT2D eigenvalue weighted by Gasteiger charge is -2.15. The maximum atomic E-state index is 13.0. The van der Waals surface area contributed by atoms with Crippen LogP contribution in [0, 0.1) is 0 Å². The minimum Gasteiger partial charge on any atom is -0.457 e. The molecule has 0 aliphatic rings. The van der Waals surface area contributed by atoms with Gasteiger partial charge in [0, 0.05) is 12.8 Å². The standard InChI is InChI=1S/C19H20F3NO4/c1-13(26-12-11-25-2)18(24)23-14-7-9-15(10-8-14)27-17-6-4-3-5-16(17)19(20,21)22/h3-10,13H,11-12H2,1-2H3,(H,23,24). The van der Waals surface area contributed by atoms with Crippen LogP contribution in [0.4, 0.5) is 18.9 Å². The highest BCUT2D eigenvalue weighted by Crippen LogP contribution is 2.37. The first-order valence-corrected chi connectivity index (χ1v) is 8.17. The third-order valence-corrected chi connectivity index (χ3v) is 3.57. The van der Waals surface area contributed by atoms with E-state index < -0.39 is 17.8 Å². The van der Waals surface area contributed by atoms with Crippen molar-refractivity contribution in [3.8, 4) is 11.5 Å². The molecule has 2 aromatic rings. The van der Waals surface area contributed by atoms with Crippen LogP contribution in [0.1, 0.15) is 12.5 Å². The summed E-state index contributed by atoms with van der Waals surface area (Å²) in [5, 5.41) is 2.66. The molecule has 2 rings (SSSR count). The number of nitrogens with one attached hydrogen (secondary N) is 1. The van der Waals surface area contributed by atoms with Gasteiger partial charge in [0.15, 0.2) is 0 Å². The molecule has 0 fully saturated rings. The molecular weight excluding hydrogens is 363 g/mol. The topological polar surface area (TPSA) is 56.8 Å². The van der Waals surface area contributed by atoms with E-state index in [9.17, 15) is 18.0 Å². The molecule has 0 spiro atoms. The van der Waals surface area contributed by atoms with Gasteiger partial charge in [-0.3, -0.25) is 4.79 Å². The van der Waals surface area contributed by atoms with E-state index in [0.29, 0.717) is 12.3 Å². The fraction of sp³-hybridized carbons (Fsp3) is 0.316. The number of carbonyl (C=O) groups is 1. The van der Waals surface area contributed by atoms with E-state index >= 15 is 0 Å². The van der Waals surface area contributed by atoms with Gasteiger partial charge in [0.1, 0.15) is 17.6 Å². The summed E-state index contributed by atoms with van der Waals surface area (Å²) in [6.07, 6.45) is -5.18. The molecule has 146 valence electrons. The first kappa shape index (κ1) is 20.7. The Kier molecular flexibility index (Phi) is 7.20. The number of ether oxygens (including phenoxy) is 3. The van der Waals surface area contributed by atoms with Gasteiger partial charge in [0.2, 0.25) is 0 Å². The molecule has 0 aromatic heterocycles. The molecule has 1 N–H and O–H groups in total. The van der Waals surface area contributed by atoms with Gasteiger partial charge in [-0.05, 0) is 43.3 Å². The summed E-state index contributed by atoms with van der Waals surface area (Å²) in [6.45, 7) is 2.27. The fourth-order valence-electron chi connectivity index (χ4n) is 2.15. The molecule has 1 amide bonds. The van der Waals surface area contributed by atoms with Gasteiger partial charge in [-0.2, -0.15) is 13.2 Å². The largest absolute Gasteiger partial charge is 0.457 e. The second kappa shape index (κ2) is 9.38. The van der Waals surface area contributed by atoms with Gasteiger partial charge in [-0.25, -0.2) is 0 Å². The zero-order valence-corrected chi connectivity index (χ0v) is 14.9. The molecule has 27 heavy (non-hydrogen) atoms. The van der Waals surface area contributed by atoms with Crippen molar-refractivity contribution in [2.45, 2.75) is 19.2 Å². The number of rotatable bonds is 8. The highest BCUT2D eigenvalue weighted by molar-refractivity contribution is 5.93. The Morgan fingerprint density at radius 2 is 1.74 bits per heavy atom. The lowest BCUT2D eigenvalue weighted by Crippen LogP contribution is -2.28. The average molecular weight is 383 g/mol. The molecular formula is C19H20F3NO4. The lowest BCUT2D eigenvalue weighted by molar-refractivity contribution is -0.138. The Morgan fingerprint density at radius 3 is 2.37 bits per heavy atom. The third kappa shape index (κ3) is 6.26. The van der Waals surface area contributed by atoms with Crippen LogP contribution in [0.15, 0.2) is 48.5 Å². The molecule has 0 aliphatic carbocycles. The number of anilines is 1. The summed E-state index contributed by atoms with van der Waals surface area (Å²) in [7, 11) is 1.53. The number of halogens is 3. The number of hydrogen-bond donors (Lipinski definition) is 1. The van der Waals surface area contributed by atoms with Crippen molar-refractivity contribution in [1.29, 1.82) is 0 Å². The fourth-order valence-corrected chi connectivity index (χ4v) is 2.15. The highest BCUT2D eigenvalue weighted by Gasteiger charge is 2.34. The normalized spacial score (nSPS) is 12.5. The summed E-state index contributed by atoms with van der Waals surface area (Å²) >= 11 is 0. The maximum Gasteiger partial charge on any atom is 0.419 e. The van der Waals surface area contributed by atoms with Crippen molar-refractivity contribution in [2.24, 2.45) is 0 Å². The number of para-hydroxylation sites is 1. The predicted molar refractivity (Wildman–Crippen MR) is 93.9 cm³/mol. The van der Waals surface area contributed by atoms with Gasteiger partial charge in [0.05, 0.1) is 18.8 Å².